The van der Waals surface area contributed by atoms with Gasteiger partial charge in [0.1, 0.15) is 5.52 Å². The molecule has 0 radical (unpaired) electrons. The van der Waals surface area contributed by atoms with Crippen molar-refractivity contribution >= 4 is 32.9 Å². The number of anilines is 2. The maximum absolute atomic E-state index is 10.8. The van der Waals surface area contributed by atoms with Crippen LogP contribution in [0.25, 0.3) is 11.1 Å². The Morgan fingerprint density at radius 3 is 2.60 bits per heavy atom. The summed E-state index contributed by atoms with van der Waals surface area (Å²) < 4.78 is 35.4. The maximum Gasteiger partial charge on any atom is 0.294 e. The maximum atomic E-state index is 10.8. The van der Waals surface area contributed by atoms with Crippen LogP contribution >= 0.6 is 0 Å². The normalized spacial score (nSPS) is 12.1. The molecule has 0 bridgehead atoms. The number of nitrogen functional groups attached to an aromatic ring is 2. The molecule has 15 heavy (non-hydrogen) atoms. The highest BCUT2D eigenvalue weighted by Gasteiger charge is 2.15. The molecule has 0 fully saturated rings. The Labute approximate surface area is 84.4 Å². The molecule has 0 saturated carbocycles. The number of benzene rings is 1. The average Bonchev–Trinajstić information content (AvgIpc) is 2.44. The summed E-state index contributed by atoms with van der Waals surface area (Å²) in [6.45, 7) is 0. The number of oxazole rings is 1. The SMILES string of the molecule is Nc1nc2cc(S(=O)(=O)O)cc(N)c2o1. The molecule has 0 aliphatic heterocycles. The molecule has 1 heterocycles. The average molecular weight is 229 g/mol. The first kappa shape index (κ1) is 9.74. The van der Waals surface area contributed by atoms with Crippen molar-refractivity contribution in [2.24, 2.45) is 0 Å². The molecule has 80 valence electrons. The van der Waals surface area contributed by atoms with E-state index in [1.165, 1.54) is 0 Å². The van der Waals surface area contributed by atoms with Crippen molar-refractivity contribution in [1.82, 2.24) is 4.98 Å². The number of aromatic nitrogens is 1. The fourth-order valence-electron chi connectivity index (χ4n) is 1.20. The Hall–Kier alpha value is -1.80. The van der Waals surface area contributed by atoms with Gasteiger partial charge in [-0.2, -0.15) is 13.4 Å². The lowest BCUT2D eigenvalue weighted by Crippen LogP contribution is -1.99. The van der Waals surface area contributed by atoms with E-state index in [4.69, 9.17) is 20.4 Å². The zero-order valence-electron chi connectivity index (χ0n) is 7.34. The van der Waals surface area contributed by atoms with Gasteiger partial charge in [0, 0.05) is 0 Å². The van der Waals surface area contributed by atoms with Crippen LogP contribution in [0, 0.1) is 0 Å². The summed E-state index contributed by atoms with van der Waals surface area (Å²) in [7, 11) is -4.31. The highest BCUT2D eigenvalue weighted by atomic mass is 32.2. The Kier molecular flexibility index (Phi) is 1.85. The van der Waals surface area contributed by atoms with Crippen LogP contribution in [0.2, 0.25) is 0 Å². The molecule has 0 spiro atoms. The monoisotopic (exact) mass is 229 g/mol. The van der Waals surface area contributed by atoms with Crippen LogP contribution in [-0.2, 0) is 10.1 Å². The van der Waals surface area contributed by atoms with Gasteiger partial charge in [-0.05, 0) is 12.1 Å². The molecule has 0 atom stereocenters. The molecule has 1 aromatic heterocycles. The lowest BCUT2D eigenvalue weighted by molar-refractivity contribution is 0.483. The molecular weight excluding hydrogens is 222 g/mol. The molecule has 1 aromatic carbocycles. The van der Waals surface area contributed by atoms with Crippen LogP contribution in [-0.4, -0.2) is 18.0 Å². The predicted octanol–water partition coefficient (Wildman–Crippen LogP) is 0.239. The zero-order chi connectivity index (χ0) is 11.2. The van der Waals surface area contributed by atoms with Crippen LogP contribution in [0.4, 0.5) is 11.7 Å². The van der Waals surface area contributed by atoms with Gasteiger partial charge in [0.25, 0.3) is 16.1 Å². The van der Waals surface area contributed by atoms with E-state index < -0.39 is 10.1 Å². The van der Waals surface area contributed by atoms with E-state index in [1.807, 2.05) is 0 Å². The molecule has 7 nitrogen and oxygen atoms in total. The highest BCUT2D eigenvalue weighted by Crippen LogP contribution is 2.26. The molecule has 5 N–H and O–H groups in total. The van der Waals surface area contributed by atoms with Crippen LogP contribution in [0.3, 0.4) is 0 Å². The minimum absolute atomic E-state index is 0.0457. The summed E-state index contributed by atoms with van der Waals surface area (Å²) in [4.78, 5) is 3.36. The smallest absolute Gasteiger partial charge is 0.294 e. The van der Waals surface area contributed by atoms with Crippen molar-refractivity contribution in [3.8, 4) is 0 Å². The van der Waals surface area contributed by atoms with E-state index in [0.717, 1.165) is 12.1 Å². The molecule has 2 rings (SSSR count). The third-order valence-corrected chi connectivity index (χ3v) is 2.64. The van der Waals surface area contributed by atoms with Crippen LogP contribution in [0.1, 0.15) is 0 Å². The second-order valence-electron chi connectivity index (χ2n) is 2.89. The van der Waals surface area contributed by atoms with Gasteiger partial charge in [-0.25, -0.2) is 0 Å². The highest BCUT2D eigenvalue weighted by molar-refractivity contribution is 7.85. The minimum Gasteiger partial charge on any atom is -0.421 e. The summed E-state index contributed by atoms with van der Waals surface area (Å²) in [6, 6.07) is 2.08. The second kappa shape index (κ2) is 2.84. The van der Waals surface area contributed by atoms with E-state index in [0.29, 0.717) is 0 Å². The second-order valence-corrected chi connectivity index (χ2v) is 4.31. The Morgan fingerprint density at radius 1 is 1.33 bits per heavy atom. The molecule has 0 aliphatic rings. The fraction of sp³-hybridized carbons (Fsp3) is 0. The van der Waals surface area contributed by atoms with Crippen LogP contribution in [0.5, 0.6) is 0 Å². The van der Waals surface area contributed by atoms with E-state index in [1.54, 1.807) is 0 Å². The number of hydrogen-bond donors (Lipinski definition) is 3. The van der Waals surface area contributed by atoms with Gasteiger partial charge in [-0.3, -0.25) is 4.55 Å². The lowest BCUT2D eigenvalue weighted by atomic mass is 10.3. The van der Waals surface area contributed by atoms with Crippen molar-refractivity contribution in [2.75, 3.05) is 11.5 Å². The third kappa shape index (κ3) is 1.60. The summed E-state index contributed by atoms with van der Waals surface area (Å²) >= 11 is 0. The Morgan fingerprint density at radius 2 is 2.00 bits per heavy atom. The topological polar surface area (TPSA) is 132 Å². The van der Waals surface area contributed by atoms with E-state index >= 15 is 0 Å². The largest absolute Gasteiger partial charge is 0.421 e. The molecule has 0 aliphatic carbocycles. The minimum atomic E-state index is -4.31. The summed E-state index contributed by atoms with van der Waals surface area (Å²) in [5, 5.41) is 0. The summed E-state index contributed by atoms with van der Waals surface area (Å²) in [5.74, 6) is 0. The van der Waals surface area contributed by atoms with E-state index in [9.17, 15) is 8.42 Å². The van der Waals surface area contributed by atoms with Crippen molar-refractivity contribution < 1.29 is 17.4 Å². The number of nitrogens with zero attached hydrogens (tertiary/aromatic N) is 1. The van der Waals surface area contributed by atoms with Gasteiger partial charge in [0.15, 0.2) is 5.58 Å². The van der Waals surface area contributed by atoms with Crippen LogP contribution in [0.15, 0.2) is 21.4 Å². The Bertz CT molecular complexity index is 631. The lowest BCUT2D eigenvalue weighted by Gasteiger charge is -1.98. The molecule has 0 saturated heterocycles. The van der Waals surface area contributed by atoms with E-state index in [2.05, 4.69) is 4.98 Å². The summed E-state index contributed by atoms with van der Waals surface area (Å²) in [6.07, 6.45) is 0. The number of rotatable bonds is 1. The molecule has 8 heteroatoms. The quantitative estimate of drug-likeness (QED) is 0.471. The zero-order valence-corrected chi connectivity index (χ0v) is 8.15. The first-order valence-electron chi connectivity index (χ1n) is 3.81. The number of nitrogens with two attached hydrogens (primary N) is 2. The molecule has 0 unspecified atom stereocenters. The number of fused-ring (bicyclic) bond motifs is 1. The van der Waals surface area contributed by atoms with Gasteiger partial charge < -0.3 is 15.9 Å². The first-order valence-corrected chi connectivity index (χ1v) is 5.25. The van der Waals surface area contributed by atoms with Crippen LogP contribution < -0.4 is 11.5 Å². The van der Waals surface area contributed by atoms with Gasteiger partial charge in [0.05, 0.1) is 10.6 Å². The standard InChI is InChI=1S/C7H7N3O4S/c8-4-1-3(15(11,12)13)2-5-6(4)14-7(9)10-5/h1-2H,8H2,(H2,9,10)(H,11,12,13). The van der Waals surface area contributed by atoms with Gasteiger partial charge in [-0.1, -0.05) is 0 Å². The predicted molar refractivity (Wildman–Crippen MR) is 52.6 cm³/mol. The number of hydrogen-bond acceptors (Lipinski definition) is 6. The molecular formula is C7H7N3O4S. The van der Waals surface area contributed by atoms with Crippen molar-refractivity contribution in [3.63, 3.8) is 0 Å². The van der Waals surface area contributed by atoms with E-state index in [-0.39, 0.29) is 27.7 Å². The summed E-state index contributed by atoms with van der Waals surface area (Å²) in [5.41, 5.74) is 11.2. The molecule has 0 amide bonds. The van der Waals surface area contributed by atoms with Crippen molar-refractivity contribution in [3.05, 3.63) is 12.1 Å². The molecule has 2 aromatic rings. The van der Waals surface area contributed by atoms with Gasteiger partial charge >= 0.3 is 0 Å². The Balaban J connectivity index is 2.84. The van der Waals surface area contributed by atoms with Gasteiger partial charge in [-0.15, -0.1) is 0 Å². The third-order valence-electron chi connectivity index (χ3n) is 1.81. The van der Waals surface area contributed by atoms with Crippen molar-refractivity contribution in [1.29, 1.82) is 0 Å². The van der Waals surface area contributed by atoms with Crippen molar-refractivity contribution in [2.45, 2.75) is 4.90 Å². The van der Waals surface area contributed by atoms with Gasteiger partial charge in [0.2, 0.25) is 0 Å². The fourth-order valence-corrected chi connectivity index (χ4v) is 1.73. The first-order chi connectivity index (χ1) is 6.88.